The summed E-state index contributed by atoms with van der Waals surface area (Å²) >= 11 is 2.78. The number of nitrogens with zero attached hydrogens (tertiary/aromatic N) is 4. The number of carbonyl (C=O) groups excluding carboxylic acids is 1. The van der Waals surface area contributed by atoms with E-state index in [0.29, 0.717) is 11.1 Å². The van der Waals surface area contributed by atoms with Crippen molar-refractivity contribution in [3.8, 4) is 0 Å². The largest absolute Gasteiger partial charge is 0.330 e. The first-order chi connectivity index (χ1) is 13.1. The highest BCUT2D eigenvalue weighted by Gasteiger charge is 2.18. The van der Waals surface area contributed by atoms with Crippen LogP contribution in [0.2, 0.25) is 0 Å². The lowest BCUT2D eigenvalue weighted by Gasteiger charge is -2.11. The van der Waals surface area contributed by atoms with Gasteiger partial charge in [0.15, 0.2) is 4.34 Å². The molecule has 0 radical (unpaired) electrons. The van der Waals surface area contributed by atoms with E-state index in [0.717, 1.165) is 22.0 Å². The number of amides is 1. The Balaban J connectivity index is 1.63. The van der Waals surface area contributed by atoms with Crippen LogP contribution in [0.5, 0.6) is 0 Å². The third-order valence-electron chi connectivity index (χ3n) is 3.83. The molecule has 3 rings (SSSR count). The van der Waals surface area contributed by atoms with Gasteiger partial charge in [0.05, 0.1) is 5.25 Å². The molecule has 1 amide bonds. The number of aromatic nitrogens is 4. The van der Waals surface area contributed by atoms with Crippen molar-refractivity contribution in [1.82, 2.24) is 20.2 Å². The molecule has 2 heterocycles. The van der Waals surface area contributed by atoms with Crippen LogP contribution in [0, 0.1) is 6.92 Å². The number of hydrogen-bond donors (Lipinski definition) is 2. The number of para-hydroxylation sites is 1. The van der Waals surface area contributed by atoms with E-state index in [4.69, 9.17) is 0 Å². The van der Waals surface area contributed by atoms with Gasteiger partial charge in [-0.1, -0.05) is 48.2 Å². The Bertz CT molecular complexity index is 915. The fourth-order valence-corrected chi connectivity index (χ4v) is 4.30. The lowest BCUT2D eigenvalue weighted by molar-refractivity contribution is -0.115. The first kappa shape index (κ1) is 19.2. The van der Waals surface area contributed by atoms with Gasteiger partial charge < -0.3 is 5.32 Å². The molecule has 2 N–H and O–H groups in total. The molecule has 27 heavy (non-hydrogen) atoms. The van der Waals surface area contributed by atoms with Crippen molar-refractivity contribution in [1.29, 1.82) is 0 Å². The summed E-state index contributed by atoms with van der Waals surface area (Å²) in [5.74, 6) is 0.115. The van der Waals surface area contributed by atoms with Gasteiger partial charge in [-0.15, -0.1) is 10.2 Å². The van der Waals surface area contributed by atoms with Gasteiger partial charge in [-0.3, -0.25) is 10.1 Å². The normalized spacial score (nSPS) is 11.8. The first-order valence-corrected chi connectivity index (χ1v) is 10.2. The second-order valence-electron chi connectivity index (χ2n) is 5.78. The van der Waals surface area contributed by atoms with Crippen molar-refractivity contribution in [3.05, 3.63) is 47.8 Å². The summed E-state index contributed by atoms with van der Waals surface area (Å²) in [6.45, 7) is 6.00. The van der Waals surface area contributed by atoms with Gasteiger partial charge >= 0.3 is 0 Å². The lowest BCUT2D eigenvalue weighted by Crippen LogP contribution is -2.23. The minimum Gasteiger partial charge on any atom is -0.330 e. The third kappa shape index (κ3) is 5.01. The van der Waals surface area contributed by atoms with Gasteiger partial charge in [0.1, 0.15) is 0 Å². The predicted octanol–water partition coefficient (Wildman–Crippen LogP) is 4.06. The van der Waals surface area contributed by atoms with Crippen molar-refractivity contribution in [2.45, 2.75) is 36.8 Å². The van der Waals surface area contributed by atoms with Crippen molar-refractivity contribution < 1.29 is 4.79 Å². The molecule has 2 aromatic heterocycles. The van der Waals surface area contributed by atoms with Crippen molar-refractivity contribution in [2.24, 2.45) is 0 Å². The zero-order valence-electron chi connectivity index (χ0n) is 15.3. The maximum atomic E-state index is 12.3. The number of aryl methyl sites for hydroxylation is 2. The van der Waals surface area contributed by atoms with E-state index >= 15 is 0 Å². The van der Waals surface area contributed by atoms with E-state index in [1.165, 1.54) is 28.7 Å². The van der Waals surface area contributed by atoms with Gasteiger partial charge in [0, 0.05) is 18.1 Å². The molecule has 140 valence electrons. The van der Waals surface area contributed by atoms with E-state index in [-0.39, 0.29) is 11.2 Å². The zero-order valence-corrected chi connectivity index (χ0v) is 16.9. The number of thioether (sulfide) groups is 1. The molecule has 1 aromatic carbocycles. The maximum absolute atomic E-state index is 12.3. The highest BCUT2D eigenvalue weighted by Crippen LogP contribution is 2.32. The van der Waals surface area contributed by atoms with Crippen LogP contribution >= 0.6 is 23.1 Å². The van der Waals surface area contributed by atoms with Gasteiger partial charge in [-0.05, 0) is 37.5 Å². The van der Waals surface area contributed by atoms with Crippen LogP contribution in [0.1, 0.15) is 25.0 Å². The van der Waals surface area contributed by atoms with Crippen LogP contribution in [-0.2, 0) is 11.2 Å². The standard InChI is InChI=1S/C18H20N6OS2/c1-4-13-8-5-7-11(2)14(13)21-17-23-24-18(27-17)26-12(3)15(25)22-16-19-9-6-10-20-16/h5-10,12H,4H2,1-3H3,(H,21,23)(H,19,20,22,25). The summed E-state index contributed by atoms with van der Waals surface area (Å²) in [5, 5.41) is 14.8. The van der Waals surface area contributed by atoms with Gasteiger partial charge in [-0.25, -0.2) is 9.97 Å². The van der Waals surface area contributed by atoms with Crippen LogP contribution in [0.15, 0.2) is 41.0 Å². The number of benzene rings is 1. The third-order valence-corrected chi connectivity index (χ3v) is 5.85. The Morgan fingerprint density at radius 3 is 2.74 bits per heavy atom. The number of hydrogen-bond acceptors (Lipinski definition) is 8. The number of anilines is 3. The average molecular weight is 401 g/mol. The maximum Gasteiger partial charge on any atom is 0.240 e. The van der Waals surface area contributed by atoms with Crippen LogP contribution in [0.25, 0.3) is 0 Å². The number of rotatable bonds is 7. The molecule has 0 spiro atoms. The summed E-state index contributed by atoms with van der Waals surface area (Å²) in [6.07, 6.45) is 4.10. The molecule has 3 aromatic rings. The van der Waals surface area contributed by atoms with Gasteiger partial charge in [0.2, 0.25) is 17.0 Å². The quantitative estimate of drug-likeness (QED) is 0.578. The molecule has 0 aliphatic rings. The van der Waals surface area contributed by atoms with E-state index in [1.54, 1.807) is 18.5 Å². The second-order valence-corrected chi connectivity index (χ2v) is 8.35. The van der Waals surface area contributed by atoms with Crippen molar-refractivity contribution in [2.75, 3.05) is 10.6 Å². The van der Waals surface area contributed by atoms with E-state index < -0.39 is 0 Å². The van der Waals surface area contributed by atoms with Crippen molar-refractivity contribution >= 4 is 45.8 Å². The Morgan fingerprint density at radius 1 is 1.22 bits per heavy atom. The van der Waals surface area contributed by atoms with Crippen LogP contribution in [0.4, 0.5) is 16.8 Å². The first-order valence-electron chi connectivity index (χ1n) is 8.50. The Labute approximate surface area is 166 Å². The number of nitrogens with one attached hydrogen (secondary N) is 2. The summed E-state index contributed by atoms with van der Waals surface area (Å²) in [5.41, 5.74) is 3.46. The van der Waals surface area contributed by atoms with Crippen LogP contribution in [0.3, 0.4) is 0 Å². The van der Waals surface area contributed by atoms with Crippen LogP contribution in [-0.4, -0.2) is 31.3 Å². The van der Waals surface area contributed by atoms with E-state index in [1.807, 2.05) is 6.92 Å². The molecule has 9 heteroatoms. The lowest BCUT2D eigenvalue weighted by atomic mass is 10.1. The molecule has 0 saturated heterocycles. The zero-order chi connectivity index (χ0) is 19.2. The Hall–Kier alpha value is -2.52. The van der Waals surface area contributed by atoms with E-state index in [9.17, 15) is 4.79 Å². The molecule has 0 aliphatic heterocycles. The predicted molar refractivity (Wildman–Crippen MR) is 110 cm³/mol. The second kappa shape index (κ2) is 8.92. The minimum absolute atomic E-state index is 0.178. The molecular formula is C18H20N6OS2. The van der Waals surface area contributed by atoms with Crippen molar-refractivity contribution in [3.63, 3.8) is 0 Å². The van der Waals surface area contributed by atoms with Crippen LogP contribution < -0.4 is 10.6 Å². The summed E-state index contributed by atoms with van der Waals surface area (Å²) in [4.78, 5) is 20.3. The number of carbonyl (C=O) groups is 1. The van der Waals surface area contributed by atoms with Gasteiger partial charge in [0.25, 0.3) is 0 Å². The molecule has 0 bridgehead atoms. The fourth-order valence-electron chi connectivity index (χ4n) is 2.40. The monoisotopic (exact) mass is 400 g/mol. The molecular weight excluding hydrogens is 380 g/mol. The summed E-state index contributed by atoms with van der Waals surface area (Å²) < 4.78 is 0.723. The Morgan fingerprint density at radius 2 is 2.00 bits per heavy atom. The molecule has 7 nitrogen and oxygen atoms in total. The average Bonchev–Trinajstić information content (AvgIpc) is 3.11. The molecule has 1 atom stereocenters. The Kier molecular flexibility index (Phi) is 6.36. The smallest absolute Gasteiger partial charge is 0.240 e. The highest BCUT2D eigenvalue weighted by molar-refractivity contribution is 8.02. The highest BCUT2D eigenvalue weighted by atomic mass is 32.2. The summed E-state index contributed by atoms with van der Waals surface area (Å²) in [7, 11) is 0. The van der Waals surface area contributed by atoms with Gasteiger partial charge in [-0.2, -0.15) is 0 Å². The fraction of sp³-hybridized carbons (Fsp3) is 0.278. The molecule has 0 saturated carbocycles. The minimum atomic E-state index is -0.348. The molecule has 1 unspecified atom stereocenters. The topological polar surface area (TPSA) is 92.7 Å². The molecule has 0 fully saturated rings. The molecule has 0 aliphatic carbocycles. The SMILES string of the molecule is CCc1cccc(C)c1Nc1nnc(SC(C)C(=O)Nc2ncccn2)s1. The summed E-state index contributed by atoms with van der Waals surface area (Å²) in [6, 6.07) is 7.92. The van der Waals surface area contributed by atoms with E-state index in [2.05, 4.69) is 62.8 Å².